The molecule has 0 saturated heterocycles. The van der Waals surface area contributed by atoms with Crippen LogP contribution in [0.2, 0.25) is 0 Å². The van der Waals surface area contributed by atoms with E-state index in [4.69, 9.17) is 9.84 Å². The Kier molecular flexibility index (Phi) is 7.08. The molecule has 0 saturated carbocycles. The number of rotatable bonds is 4. The van der Waals surface area contributed by atoms with E-state index in [9.17, 15) is 9.18 Å². The number of aromatic nitrogens is 2. The minimum Gasteiger partial charge on any atom is -0.492 e. The highest BCUT2D eigenvalue weighted by Crippen LogP contribution is 2.22. The molecule has 174 valence electrons. The van der Waals surface area contributed by atoms with Crippen LogP contribution in [0.15, 0.2) is 48.5 Å². The average Bonchev–Trinajstić information content (AvgIpc) is 3.07. The SMILES string of the molecule is CCN1CCN(Cc2c(C)nn(-c3ccc(F)cc3)c2C)CCOc2ccccc2CC1=O. The summed E-state index contributed by atoms with van der Waals surface area (Å²) in [5.74, 6) is 0.632. The number of fused-ring (bicyclic) bond motifs is 1. The topological polar surface area (TPSA) is 50.6 Å². The normalized spacial score (nSPS) is 15.6. The maximum Gasteiger partial charge on any atom is 0.227 e. The van der Waals surface area contributed by atoms with Gasteiger partial charge in [0.2, 0.25) is 5.91 Å². The molecular weight excluding hydrogens is 419 g/mol. The number of nitrogens with zero attached hydrogens (tertiary/aromatic N) is 4. The van der Waals surface area contributed by atoms with Gasteiger partial charge in [-0.05, 0) is 51.1 Å². The summed E-state index contributed by atoms with van der Waals surface area (Å²) in [7, 11) is 0. The van der Waals surface area contributed by atoms with Crippen LogP contribution < -0.4 is 4.74 Å². The quantitative estimate of drug-likeness (QED) is 0.605. The molecule has 1 amide bonds. The molecule has 2 aromatic carbocycles. The van der Waals surface area contributed by atoms with E-state index < -0.39 is 0 Å². The zero-order valence-corrected chi connectivity index (χ0v) is 19.6. The summed E-state index contributed by atoms with van der Waals surface area (Å²) in [5, 5.41) is 4.71. The number of para-hydroxylation sites is 1. The van der Waals surface area contributed by atoms with Crippen molar-refractivity contribution in [2.75, 3.05) is 32.8 Å². The Hall–Kier alpha value is -3.19. The van der Waals surface area contributed by atoms with E-state index in [0.29, 0.717) is 32.7 Å². The first kappa shape index (κ1) is 23.0. The van der Waals surface area contributed by atoms with Gasteiger partial charge < -0.3 is 9.64 Å². The van der Waals surface area contributed by atoms with E-state index in [0.717, 1.165) is 47.0 Å². The Morgan fingerprint density at radius 1 is 1.03 bits per heavy atom. The van der Waals surface area contributed by atoms with Crippen molar-refractivity contribution in [1.29, 1.82) is 0 Å². The lowest BCUT2D eigenvalue weighted by Gasteiger charge is -2.26. The maximum absolute atomic E-state index is 13.4. The second kappa shape index (κ2) is 10.2. The summed E-state index contributed by atoms with van der Waals surface area (Å²) in [5.41, 5.74) is 4.89. The number of aryl methyl sites for hydroxylation is 1. The first-order chi connectivity index (χ1) is 16.0. The standard InChI is InChI=1S/C26H31FN4O2/c1-4-30-14-13-29(15-16-33-25-8-6-5-7-21(25)17-26(30)32)18-24-19(2)28-31(20(24)3)23-11-9-22(27)10-12-23/h5-12H,4,13-18H2,1-3H3. The first-order valence-electron chi connectivity index (χ1n) is 11.5. The fourth-order valence-electron chi connectivity index (χ4n) is 4.30. The van der Waals surface area contributed by atoms with Gasteiger partial charge in [-0.1, -0.05) is 18.2 Å². The van der Waals surface area contributed by atoms with E-state index in [1.165, 1.54) is 12.1 Å². The second-order valence-corrected chi connectivity index (χ2v) is 8.42. The molecule has 4 rings (SSSR count). The number of carbonyl (C=O) groups excluding carboxylic acids is 1. The molecule has 0 unspecified atom stereocenters. The van der Waals surface area contributed by atoms with Crippen LogP contribution in [0, 0.1) is 19.7 Å². The minimum atomic E-state index is -0.263. The van der Waals surface area contributed by atoms with Crippen LogP contribution in [0.1, 0.15) is 29.4 Å². The smallest absolute Gasteiger partial charge is 0.227 e. The molecule has 1 aliphatic rings. The van der Waals surface area contributed by atoms with Crippen molar-refractivity contribution in [3.8, 4) is 11.4 Å². The average molecular weight is 451 g/mol. The van der Waals surface area contributed by atoms with Gasteiger partial charge in [0.15, 0.2) is 0 Å². The fourth-order valence-corrected chi connectivity index (χ4v) is 4.30. The third kappa shape index (κ3) is 5.25. The molecule has 0 radical (unpaired) electrons. The van der Waals surface area contributed by atoms with Crippen LogP contribution in [-0.2, 0) is 17.8 Å². The summed E-state index contributed by atoms with van der Waals surface area (Å²) in [6.07, 6.45) is 0.354. The number of hydrogen-bond acceptors (Lipinski definition) is 4. The molecule has 2 heterocycles. The molecule has 0 atom stereocenters. The van der Waals surface area contributed by atoms with Crippen LogP contribution in [-0.4, -0.2) is 58.3 Å². The predicted octanol–water partition coefficient (Wildman–Crippen LogP) is 3.91. The van der Waals surface area contributed by atoms with Gasteiger partial charge in [0.05, 0.1) is 17.8 Å². The van der Waals surface area contributed by atoms with E-state index in [1.807, 2.05) is 54.6 Å². The van der Waals surface area contributed by atoms with Crippen molar-refractivity contribution in [2.24, 2.45) is 0 Å². The molecular formula is C26H31FN4O2. The van der Waals surface area contributed by atoms with Gasteiger partial charge in [0.1, 0.15) is 18.2 Å². The molecule has 0 N–H and O–H groups in total. The number of ether oxygens (including phenoxy) is 1. The zero-order chi connectivity index (χ0) is 23.4. The third-order valence-corrected chi connectivity index (χ3v) is 6.29. The van der Waals surface area contributed by atoms with Crippen molar-refractivity contribution in [1.82, 2.24) is 19.6 Å². The van der Waals surface area contributed by atoms with E-state index >= 15 is 0 Å². The van der Waals surface area contributed by atoms with Gasteiger partial charge in [0, 0.05) is 49.5 Å². The lowest BCUT2D eigenvalue weighted by Crippen LogP contribution is -2.40. The fraction of sp³-hybridized carbons (Fsp3) is 0.385. The Labute approximate surface area is 194 Å². The number of halogens is 1. The molecule has 1 aromatic heterocycles. The summed E-state index contributed by atoms with van der Waals surface area (Å²) in [4.78, 5) is 17.1. The molecule has 3 aromatic rings. The van der Waals surface area contributed by atoms with Crippen molar-refractivity contribution in [3.05, 3.63) is 76.9 Å². The van der Waals surface area contributed by atoms with Gasteiger partial charge in [-0.25, -0.2) is 9.07 Å². The third-order valence-electron chi connectivity index (χ3n) is 6.29. The lowest BCUT2D eigenvalue weighted by molar-refractivity contribution is -0.130. The second-order valence-electron chi connectivity index (χ2n) is 8.42. The van der Waals surface area contributed by atoms with Crippen LogP contribution in [0.4, 0.5) is 4.39 Å². The van der Waals surface area contributed by atoms with Gasteiger partial charge >= 0.3 is 0 Å². The monoisotopic (exact) mass is 450 g/mol. The van der Waals surface area contributed by atoms with Crippen LogP contribution in [0.3, 0.4) is 0 Å². The van der Waals surface area contributed by atoms with Crippen molar-refractivity contribution >= 4 is 5.91 Å². The zero-order valence-electron chi connectivity index (χ0n) is 19.6. The number of amides is 1. The van der Waals surface area contributed by atoms with Crippen LogP contribution in [0.5, 0.6) is 5.75 Å². The highest BCUT2D eigenvalue weighted by Gasteiger charge is 2.20. The summed E-state index contributed by atoms with van der Waals surface area (Å²) < 4.78 is 21.3. The summed E-state index contributed by atoms with van der Waals surface area (Å²) in [6.45, 7) is 10.1. The maximum atomic E-state index is 13.4. The van der Waals surface area contributed by atoms with Crippen LogP contribution in [0.25, 0.3) is 5.69 Å². The Morgan fingerprint density at radius 3 is 2.55 bits per heavy atom. The van der Waals surface area contributed by atoms with E-state index in [-0.39, 0.29) is 11.7 Å². The minimum absolute atomic E-state index is 0.117. The first-order valence-corrected chi connectivity index (χ1v) is 11.5. The van der Waals surface area contributed by atoms with Crippen molar-refractivity contribution < 1.29 is 13.9 Å². The number of benzene rings is 2. The molecule has 7 heteroatoms. The molecule has 0 aliphatic carbocycles. The molecule has 6 nitrogen and oxygen atoms in total. The highest BCUT2D eigenvalue weighted by molar-refractivity contribution is 5.79. The Morgan fingerprint density at radius 2 is 1.79 bits per heavy atom. The Balaban J connectivity index is 1.56. The summed E-state index contributed by atoms with van der Waals surface area (Å²) in [6, 6.07) is 14.2. The van der Waals surface area contributed by atoms with E-state index in [2.05, 4.69) is 4.90 Å². The summed E-state index contributed by atoms with van der Waals surface area (Å²) >= 11 is 0. The van der Waals surface area contributed by atoms with Gasteiger partial charge in [-0.15, -0.1) is 0 Å². The van der Waals surface area contributed by atoms with Gasteiger partial charge in [-0.3, -0.25) is 9.69 Å². The van der Waals surface area contributed by atoms with Crippen LogP contribution >= 0.6 is 0 Å². The lowest BCUT2D eigenvalue weighted by atomic mass is 10.1. The number of hydrogen-bond donors (Lipinski definition) is 0. The number of likely N-dealkylation sites (N-methyl/N-ethyl adjacent to an activating group) is 1. The predicted molar refractivity (Wildman–Crippen MR) is 126 cm³/mol. The molecule has 0 spiro atoms. The Bertz CT molecular complexity index is 1110. The molecule has 0 fully saturated rings. The van der Waals surface area contributed by atoms with Gasteiger partial charge in [0.25, 0.3) is 0 Å². The van der Waals surface area contributed by atoms with Gasteiger partial charge in [-0.2, -0.15) is 5.10 Å². The van der Waals surface area contributed by atoms with E-state index in [1.54, 1.807) is 12.1 Å². The largest absolute Gasteiger partial charge is 0.492 e. The molecule has 1 aliphatic heterocycles. The molecule has 0 bridgehead atoms. The highest BCUT2D eigenvalue weighted by atomic mass is 19.1. The molecule has 33 heavy (non-hydrogen) atoms. The van der Waals surface area contributed by atoms with Crippen molar-refractivity contribution in [2.45, 2.75) is 33.7 Å². The van der Waals surface area contributed by atoms with Crippen molar-refractivity contribution in [3.63, 3.8) is 0 Å². The number of carbonyl (C=O) groups is 1.